The van der Waals surface area contributed by atoms with Gasteiger partial charge in [0.25, 0.3) is 0 Å². The third-order valence-electron chi connectivity index (χ3n) is 3.00. The van der Waals surface area contributed by atoms with E-state index in [0.29, 0.717) is 19.4 Å². The molecule has 1 saturated heterocycles. The summed E-state index contributed by atoms with van der Waals surface area (Å²) in [5.74, 6) is -0.404. The number of likely N-dealkylation sites (tertiary alicyclic amines) is 1. The largest absolute Gasteiger partial charge is 0.573 e. The fourth-order valence-electron chi connectivity index (χ4n) is 2.11. The number of ether oxygens (including phenoxy) is 1. The molecule has 1 heterocycles. The van der Waals surface area contributed by atoms with Crippen LogP contribution >= 0.6 is 0 Å². The number of carbonyl (C=O) groups excluding carboxylic acids is 1. The average Bonchev–Trinajstić information content (AvgIpc) is 2.37. The highest BCUT2D eigenvalue weighted by atomic mass is 19.4. The second kappa shape index (κ2) is 6.21. The molecule has 0 aliphatic carbocycles. The first-order valence-corrected chi connectivity index (χ1v) is 6.43. The zero-order chi connectivity index (χ0) is 15.5. The molecule has 0 saturated carbocycles. The molecule has 116 valence electrons. The number of piperidine rings is 1. The van der Waals surface area contributed by atoms with E-state index in [0.717, 1.165) is 12.1 Å². The molecule has 1 aliphatic rings. The van der Waals surface area contributed by atoms with Gasteiger partial charge in [0, 0.05) is 24.8 Å². The molecule has 5 nitrogen and oxygen atoms in total. The van der Waals surface area contributed by atoms with Crippen LogP contribution in [0.25, 0.3) is 0 Å². The minimum absolute atomic E-state index is 0.196. The maximum absolute atomic E-state index is 12.1. The Morgan fingerprint density at radius 1 is 1.43 bits per heavy atom. The van der Waals surface area contributed by atoms with E-state index in [2.05, 4.69) is 10.1 Å². The second-order valence-electron chi connectivity index (χ2n) is 4.75. The third kappa shape index (κ3) is 4.82. The zero-order valence-corrected chi connectivity index (χ0v) is 11.1. The number of hydrogen-bond donors (Lipinski definition) is 2. The maximum Gasteiger partial charge on any atom is 0.573 e. The van der Waals surface area contributed by atoms with Gasteiger partial charge in [0.2, 0.25) is 0 Å². The molecule has 1 aromatic carbocycles. The van der Waals surface area contributed by atoms with Crippen molar-refractivity contribution in [3.63, 3.8) is 0 Å². The molecule has 1 atom stereocenters. The van der Waals surface area contributed by atoms with Crippen molar-refractivity contribution in [3.05, 3.63) is 24.3 Å². The number of halogens is 3. The summed E-state index contributed by atoms with van der Waals surface area (Å²) in [5, 5.41) is 12.0. The first-order valence-electron chi connectivity index (χ1n) is 6.43. The Morgan fingerprint density at radius 3 is 2.86 bits per heavy atom. The Morgan fingerprint density at radius 2 is 2.19 bits per heavy atom. The zero-order valence-electron chi connectivity index (χ0n) is 11.1. The SMILES string of the molecule is O=C(Nc1cccc(OC(F)(F)F)c1)N1CCCC(O)C1. The fraction of sp³-hybridized carbons (Fsp3) is 0.462. The topological polar surface area (TPSA) is 61.8 Å². The summed E-state index contributed by atoms with van der Waals surface area (Å²) >= 11 is 0. The number of β-amino-alcohol motifs (C(OH)–C–C–N with tert-alkyl or cyclic N) is 1. The Bertz CT molecular complexity index is 508. The van der Waals surface area contributed by atoms with Gasteiger partial charge in [0.05, 0.1) is 6.10 Å². The van der Waals surface area contributed by atoms with Crippen LogP contribution in [0, 0.1) is 0 Å². The van der Waals surface area contributed by atoms with Crippen LogP contribution in [0.5, 0.6) is 5.75 Å². The summed E-state index contributed by atoms with van der Waals surface area (Å²) in [6.45, 7) is 0.714. The number of carbonyl (C=O) groups is 1. The minimum atomic E-state index is -4.78. The number of benzene rings is 1. The Balaban J connectivity index is 1.99. The van der Waals surface area contributed by atoms with Crippen molar-refractivity contribution in [1.29, 1.82) is 0 Å². The molecular weight excluding hydrogens is 289 g/mol. The van der Waals surface area contributed by atoms with Crippen molar-refractivity contribution in [2.45, 2.75) is 25.3 Å². The predicted molar refractivity (Wildman–Crippen MR) is 69.0 cm³/mol. The van der Waals surface area contributed by atoms with E-state index in [1.54, 1.807) is 0 Å². The summed E-state index contributed by atoms with van der Waals surface area (Å²) in [6.07, 6.45) is -4.02. The molecular formula is C13H15F3N2O3. The van der Waals surface area contributed by atoms with Crippen LogP contribution in [0.4, 0.5) is 23.7 Å². The number of aliphatic hydroxyl groups excluding tert-OH is 1. The Labute approximate surface area is 119 Å². The summed E-state index contributed by atoms with van der Waals surface area (Å²) in [6, 6.07) is 4.58. The van der Waals surface area contributed by atoms with Crippen LogP contribution in [0.2, 0.25) is 0 Å². The van der Waals surface area contributed by atoms with Crippen LogP contribution < -0.4 is 10.1 Å². The van der Waals surface area contributed by atoms with Gasteiger partial charge < -0.3 is 20.1 Å². The lowest BCUT2D eigenvalue weighted by molar-refractivity contribution is -0.274. The highest BCUT2D eigenvalue weighted by Crippen LogP contribution is 2.25. The lowest BCUT2D eigenvalue weighted by Gasteiger charge is -2.30. The van der Waals surface area contributed by atoms with Crippen LogP contribution in [0.3, 0.4) is 0 Å². The smallest absolute Gasteiger partial charge is 0.406 e. The molecule has 0 aromatic heterocycles. The molecule has 1 unspecified atom stereocenters. The standard InChI is InChI=1S/C13H15F3N2O3/c14-13(15,16)21-11-5-1-3-9(7-11)17-12(20)18-6-2-4-10(19)8-18/h1,3,5,7,10,19H,2,4,6,8H2,(H,17,20). The highest BCUT2D eigenvalue weighted by molar-refractivity contribution is 5.89. The van der Waals surface area contributed by atoms with E-state index < -0.39 is 24.2 Å². The molecule has 1 fully saturated rings. The van der Waals surface area contributed by atoms with Crippen molar-refractivity contribution in [1.82, 2.24) is 4.90 Å². The van der Waals surface area contributed by atoms with E-state index in [1.165, 1.54) is 17.0 Å². The lowest BCUT2D eigenvalue weighted by Crippen LogP contribution is -2.44. The minimum Gasteiger partial charge on any atom is -0.406 e. The van der Waals surface area contributed by atoms with E-state index >= 15 is 0 Å². The van der Waals surface area contributed by atoms with Gasteiger partial charge in [-0.3, -0.25) is 0 Å². The number of hydrogen-bond acceptors (Lipinski definition) is 3. The summed E-state index contributed by atoms with van der Waals surface area (Å²) in [7, 11) is 0. The van der Waals surface area contributed by atoms with Crippen molar-refractivity contribution in [2.24, 2.45) is 0 Å². The van der Waals surface area contributed by atoms with Crippen LogP contribution in [0.15, 0.2) is 24.3 Å². The maximum atomic E-state index is 12.1. The third-order valence-corrected chi connectivity index (χ3v) is 3.00. The van der Waals surface area contributed by atoms with Crippen molar-refractivity contribution in [3.8, 4) is 5.75 Å². The van der Waals surface area contributed by atoms with Gasteiger partial charge in [-0.05, 0) is 25.0 Å². The molecule has 0 bridgehead atoms. The van der Waals surface area contributed by atoms with Crippen molar-refractivity contribution >= 4 is 11.7 Å². The Hall–Kier alpha value is -1.96. The molecule has 21 heavy (non-hydrogen) atoms. The number of anilines is 1. The normalized spacial score (nSPS) is 19.2. The monoisotopic (exact) mass is 304 g/mol. The second-order valence-corrected chi connectivity index (χ2v) is 4.75. The van der Waals surface area contributed by atoms with Crippen LogP contribution in [-0.2, 0) is 0 Å². The molecule has 2 rings (SSSR count). The van der Waals surface area contributed by atoms with E-state index in [9.17, 15) is 23.1 Å². The molecule has 1 aromatic rings. The molecule has 1 aliphatic heterocycles. The highest BCUT2D eigenvalue weighted by Gasteiger charge is 2.31. The average molecular weight is 304 g/mol. The molecule has 0 spiro atoms. The van der Waals surface area contributed by atoms with Crippen LogP contribution in [-0.4, -0.2) is 41.6 Å². The fourth-order valence-corrected chi connectivity index (χ4v) is 2.11. The molecule has 8 heteroatoms. The quantitative estimate of drug-likeness (QED) is 0.883. The lowest BCUT2D eigenvalue weighted by atomic mass is 10.1. The number of alkyl halides is 3. The van der Waals surface area contributed by atoms with Gasteiger partial charge in [-0.25, -0.2) is 4.79 Å². The van der Waals surface area contributed by atoms with Gasteiger partial charge in [0.15, 0.2) is 0 Å². The summed E-state index contributed by atoms with van der Waals surface area (Å²) in [4.78, 5) is 13.4. The predicted octanol–water partition coefficient (Wildman–Crippen LogP) is 2.57. The first kappa shape index (κ1) is 15.4. The van der Waals surface area contributed by atoms with E-state index in [1.807, 2.05) is 0 Å². The van der Waals surface area contributed by atoms with Crippen LogP contribution in [0.1, 0.15) is 12.8 Å². The number of aliphatic hydroxyl groups is 1. The van der Waals surface area contributed by atoms with E-state index in [-0.39, 0.29) is 12.2 Å². The number of nitrogens with zero attached hydrogens (tertiary/aromatic N) is 1. The van der Waals surface area contributed by atoms with Gasteiger partial charge in [-0.1, -0.05) is 6.07 Å². The van der Waals surface area contributed by atoms with Gasteiger partial charge in [0.1, 0.15) is 5.75 Å². The van der Waals surface area contributed by atoms with Crippen molar-refractivity contribution < 1.29 is 27.8 Å². The first-order chi connectivity index (χ1) is 9.83. The summed E-state index contributed by atoms with van der Waals surface area (Å²) < 4.78 is 40.2. The van der Waals surface area contributed by atoms with E-state index in [4.69, 9.17) is 0 Å². The van der Waals surface area contributed by atoms with Gasteiger partial charge in [-0.15, -0.1) is 13.2 Å². The van der Waals surface area contributed by atoms with Gasteiger partial charge in [-0.2, -0.15) is 0 Å². The number of nitrogens with one attached hydrogen (secondary N) is 1. The Kier molecular flexibility index (Phi) is 4.56. The number of urea groups is 1. The number of rotatable bonds is 2. The number of amides is 2. The van der Waals surface area contributed by atoms with Gasteiger partial charge >= 0.3 is 12.4 Å². The molecule has 2 amide bonds. The summed E-state index contributed by atoms with van der Waals surface area (Å²) in [5.41, 5.74) is 0.196. The molecule has 2 N–H and O–H groups in total. The van der Waals surface area contributed by atoms with Crippen molar-refractivity contribution in [2.75, 3.05) is 18.4 Å². The molecule has 0 radical (unpaired) electrons.